The summed E-state index contributed by atoms with van der Waals surface area (Å²) in [5.74, 6) is 1.23. The third-order valence-corrected chi connectivity index (χ3v) is 2.36. The summed E-state index contributed by atoms with van der Waals surface area (Å²) in [6.45, 7) is 0.332. The lowest BCUT2D eigenvalue weighted by Gasteiger charge is -2.07. The van der Waals surface area contributed by atoms with E-state index in [0.717, 1.165) is 11.1 Å². The van der Waals surface area contributed by atoms with Gasteiger partial charge in [-0.15, -0.1) is 0 Å². The van der Waals surface area contributed by atoms with Crippen LogP contribution < -0.4 is 10.5 Å². The highest BCUT2D eigenvalue weighted by Gasteiger charge is 2.07. The predicted octanol–water partition coefficient (Wildman–Crippen LogP) is 1.32. The van der Waals surface area contributed by atoms with Gasteiger partial charge in [-0.05, 0) is 24.3 Å². The van der Waals surface area contributed by atoms with E-state index < -0.39 is 0 Å². The molecule has 0 fully saturated rings. The number of aromatic nitrogens is 2. The lowest BCUT2D eigenvalue weighted by Crippen LogP contribution is -2.03. The largest absolute Gasteiger partial charge is 0.508 e. The third-order valence-electron chi connectivity index (χ3n) is 2.36. The van der Waals surface area contributed by atoms with Crippen LogP contribution in [0.3, 0.4) is 0 Å². The molecular weight excluding hydrogens is 218 g/mol. The number of ether oxygens (including phenoxy) is 1. The number of rotatable bonds is 3. The number of phenols is 1. The molecule has 0 radical (unpaired) electrons. The molecule has 17 heavy (non-hydrogen) atoms. The van der Waals surface area contributed by atoms with E-state index in [1.165, 1.54) is 0 Å². The van der Waals surface area contributed by atoms with Crippen molar-refractivity contribution in [2.45, 2.75) is 6.54 Å². The molecule has 0 saturated heterocycles. The van der Waals surface area contributed by atoms with Crippen LogP contribution >= 0.6 is 0 Å². The molecule has 2 aromatic rings. The Morgan fingerprint density at radius 1 is 1.29 bits per heavy atom. The Bertz CT molecular complexity index is 512. The molecule has 1 aromatic carbocycles. The average Bonchev–Trinajstić information content (AvgIpc) is 2.39. The molecule has 0 amide bonds. The van der Waals surface area contributed by atoms with Gasteiger partial charge in [-0.3, -0.25) is 0 Å². The summed E-state index contributed by atoms with van der Waals surface area (Å²) < 4.78 is 5.14. The minimum absolute atomic E-state index is 0.208. The summed E-state index contributed by atoms with van der Waals surface area (Å²) in [5, 5.41) is 9.20. The van der Waals surface area contributed by atoms with Gasteiger partial charge >= 0.3 is 0 Å². The van der Waals surface area contributed by atoms with Crippen LogP contribution in [0.5, 0.6) is 11.6 Å². The van der Waals surface area contributed by atoms with Crippen molar-refractivity contribution >= 4 is 0 Å². The maximum Gasteiger partial charge on any atom is 0.221 e. The van der Waals surface area contributed by atoms with E-state index in [1.807, 2.05) is 0 Å². The van der Waals surface area contributed by atoms with Crippen LogP contribution in [0.1, 0.15) is 5.56 Å². The van der Waals surface area contributed by atoms with E-state index in [4.69, 9.17) is 10.5 Å². The van der Waals surface area contributed by atoms with Crippen LogP contribution in [-0.2, 0) is 6.54 Å². The van der Waals surface area contributed by atoms with Crippen LogP contribution in [0, 0.1) is 0 Å². The molecule has 2 rings (SSSR count). The van der Waals surface area contributed by atoms with Crippen LogP contribution in [0.15, 0.2) is 30.5 Å². The zero-order chi connectivity index (χ0) is 12.3. The fourth-order valence-electron chi connectivity index (χ4n) is 1.46. The van der Waals surface area contributed by atoms with Gasteiger partial charge in [0.1, 0.15) is 5.75 Å². The summed E-state index contributed by atoms with van der Waals surface area (Å²) >= 11 is 0. The fraction of sp³-hybridized carbons (Fsp3) is 0.167. The topological polar surface area (TPSA) is 81.3 Å². The monoisotopic (exact) mass is 231 g/mol. The second-order valence-electron chi connectivity index (χ2n) is 3.48. The maximum atomic E-state index is 9.20. The van der Waals surface area contributed by atoms with E-state index >= 15 is 0 Å². The second kappa shape index (κ2) is 4.80. The number of nitrogens with zero attached hydrogens (tertiary/aromatic N) is 2. The van der Waals surface area contributed by atoms with Crippen molar-refractivity contribution in [3.63, 3.8) is 0 Å². The predicted molar refractivity (Wildman–Crippen MR) is 63.6 cm³/mol. The Balaban J connectivity index is 2.42. The van der Waals surface area contributed by atoms with Crippen molar-refractivity contribution in [1.82, 2.24) is 9.97 Å². The number of nitrogens with two attached hydrogens (primary N) is 1. The highest BCUT2D eigenvalue weighted by molar-refractivity contribution is 5.56. The van der Waals surface area contributed by atoms with Gasteiger partial charge in [0.15, 0.2) is 5.82 Å². The molecule has 0 saturated carbocycles. The van der Waals surface area contributed by atoms with Gasteiger partial charge in [-0.25, -0.2) is 4.98 Å². The molecule has 0 aliphatic carbocycles. The van der Waals surface area contributed by atoms with Crippen molar-refractivity contribution in [3.8, 4) is 23.0 Å². The molecule has 3 N–H and O–H groups in total. The summed E-state index contributed by atoms with van der Waals surface area (Å²) in [6, 6.07) is 6.66. The first-order valence-electron chi connectivity index (χ1n) is 5.14. The quantitative estimate of drug-likeness (QED) is 0.832. The number of hydrogen-bond acceptors (Lipinski definition) is 5. The zero-order valence-corrected chi connectivity index (χ0v) is 9.42. The molecule has 0 atom stereocenters. The molecule has 0 spiro atoms. The molecule has 0 aliphatic heterocycles. The molecule has 1 aromatic heterocycles. The number of hydrogen-bond donors (Lipinski definition) is 2. The molecule has 0 aliphatic rings. The zero-order valence-electron chi connectivity index (χ0n) is 9.42. The van der Waals surface area contributed by atoms with Crippen LogP contribution in [0.4, 0.5) is 0 Å². The van der Waals surface area contributed by atoms with Crippen molar-refractivity contribution in [2.75, 3.05) is 7.11 Å². The van der Waals surface area contributed by atoms with E-state index in [-0.39, 0.29) is 5.75 Å². The Morgan fingerprint density at radius 2 is 2.00 bits per heavy atom. The Labute approximate surface area is 98.9 Å². The molecule has 0 unspecified atom stereocenters. The highest BCUT2D eigenvalue weighted by Crippen LogP contribution is 2.22. The average molecular weight is 231 g/mol. The van der Waals surface area contributed by atoms with Crippen molar-refractivity contribution < 1.29 is 9.84 Å². The molecule has 1 heterocycles. The molecule has 0 bridgehead atoms. The second-order valence-corrected chi connectivity index (χ2v) is 3.48. The maximum absolute atomic E-state index is 9.20. The van der Waals surface area contributed by atoms with Crippen LogP contribution in [-0.4, -0.2) is 22.2 Å². The van der Waals surface area contributed by atoms with Gasteiger partial charge < -0.3 is 15.6 Å². The SMILES string of the molecule is COc1nc(-c2ccc(O)cc2)ncc1CN. The number of phenolic OH excluding ortho intramolecular Hbond substituents is 1. The standard InChI is InChI=1S/C12H13N3O2/c1-17-12-9(6-13)7-14-11(15-12)8-2-4-10(16)5-3-8/h2-5,7,16H,6,13H2,1H3. The first kappa shape index (κ1) is 11.3. The Hall–Kier alpha value is -2.14. The van der Waals surface area contributed by atoms with Crippen molar-refractivity contribution in [1.29, 1.82) is 0 Å². The van der Waals surface area contributed by atoms with Gasteiger partial charge in [0.05, 0.1) is 7.11 Å². The van der Waals surface area contributed by atoms with Gasteiger partial charge in [0, 0.05) is 23.9 Å². The normalized spacial score (nSPS) is 10.2. The summed E-state index contributed by atoms with van der Waals surface area (Å²) in [4.78, 5) is 8.47. The summed E-state index contributed by atoms with van der Waals surface area (Å²) in [7, 11) is 1.54. The van der Waals surface area contributed by atoms with Gasteiger partial charge in [-0.2, -0.15) is 4.98 Å². The van der Waals surface area contributed by atoms with E-state index in [2.05, 4.69) is 9.97 Å². The Morgan fingerprint density at radius 3 is 2.59 bits per heavy atom. The summed E-state index contributed by atoms with van der Waals surface area (Å²) in [5.41, 5.74) is 7.11. The van der Waals surface area contributed by atoms with E-state index in [0.29, 0.717) is 18.2 Å². The van der Waals surface area contributed by atoms with Crippen molar-refractivity contribution in [3.05, 3.63) is 36.0 Å². The highest BCUT2D eigenvalue weighted by atomic mass is 16.5. The molecule has 88 valence electrons. The fourth-order valence-corrected chi connectivity index (χ4v) is 1.46. The summed E-state index contributed by atoms with van der Waals surface area (Å²) in [6.07, 6.45) is 1.65. The smallest absolute Gasteiger partial charge is 0.221 e. The first-order chi connectivity index (χ1) is 8.24. The molecular formula is C12H13N3O2. The number of methoxy groups -OCH3 is 1. The van der Waals surface area contributed by atoms with E-state index in [1.54, 1.807) is 37.6 Å². The lowest BCUT2D eigenvalue weighted by molar-refractivity contribution is 0.392. The van der Waals surface area contributed by atoms with Crippen LogP contribution in [0.2, 0.25) is 0 Å². The Kier molecular flexibility index (Phi) is 3.20. The molecule has 5 heteroatoms. The number of aromatic hydroxyl groups is 1. The minimum atomic E-state index is 0.208. The lowest BCUT2D eigenvalue weighted by atomic mass is 10.2. The third kappa shape index (κ3) is 2.34. The first-order valence-corrected chi connectivity index (χ1v) is 5.14. The van der Waals surface area contributed by atoms with Gasteiger partial charge in [0.2, 0.25) is 5.88 Å². The van der Waals surface area contributed by atoms with Crippen LogP contribution in [0.25, 0.3) is 11.4 Å². The van der Waals surface area contributed by atoms with Gasteiger partial charge in [0.25, 0.3) is 0 Å². The minimum Gasteiger partial charge on any atom is -0.508 e. The number of benzene rings is 1. The van der Waals surface area contributed by atoms with E-state index in [9.17, 15) is 5.11 Å². The van der Waals surface area contributed by atoms with Gasteiger partial charge in [-0.1, -0.05) is 0 Å². The van der Waals surface area contributed by atoms with Crippen molar-refractivity contribution in [2.24, 2.45) is 5.73 Å². The molecule has 5 nitrogen and oxygen atoms in total.